The molecule has 0 aromatic carbocycles. The van der Waals surface area contributed by atoms with Gasteiger partial charge in [0.1, 0.15) is 0 Å². The highest BCUT2D eigenvalue weighted by atomic mass is 16.6. The zero-order valence-corrected chi connectivity index (χ0v) is 7.27. The quantitative estimate of drug-likeness (QED) is 0.360. The molecule has 0 amide bonds. The Bertz CT molecular complexity index is 140. The molecule has 0 radical (unpaired) electrons. The lowest BCUT2D eigenvalue weighted by Gasteiger charge is -2.18. The fraction of sp³-hybridized carbons (Fsp3) is 1.00. The van der Waals surface area contributed by atoms with Gasteiger partial charge < -0.3 is 16.1 Å². The van der Waals surface area contributed by atoms with Gasteiger partial charge in [0.15, 0.2) is 0 Å². The van der Waals surface area contributed by atoms with Crippen LogP contribution in [0.4, 0.5) is 0 Å². The van der Waals surface area contributed by atoms with Crippen LogP contribution in [0.15, 0.2) is 5.28 Å². The van der Waals surface area contributed by atoms with Gasteiger partial charge in [-0.05, 0) is 24.7 Å². The van der Waals surface area contributed by atoms with E-state index < -0.39 is 0 Å². The van der Waals surface area contributed by atoms with Crippen molar-refractivity contribution in [2.24, 2.45) is 11.0 Å². The maximum atomic E-state index is 10.7. The van der Waals surface area contributed by atoms with Crippen LogP contribution in [0.5, 0.6) is 0 Å². The average molecular weight is 175 g/mol. The van der Waals surface area contributed by atoms with Gasteiger partial charge in [-0.15, -0.1) is 5.01 Å². The maximum Gasteiger partial charge on any atom is 0.0779 e. The predicted molar refractivity (Wildman–Crippen MR) is 45.0 cm³/mol. The minimum Gasteiger partial charge on any atom is -0.737 e. The lowest BCUT2D eigenvalue weighted by atomic mass is 10.4. The van der Waals surface area contributed by atoms with Crippen LogP contribution < -0.4 is 5.73 Å². The van der Waals surface area contributed by atoms with Crippen LogP contribution in [0.1, 0.15) is 19.8 Å². The third kappa shape index (κ3) is 3.97. The zero-order chi connectivity index (χ0) is 9.40. The molecule has 0 rings (SSSR count). The van der Waals surface area contributed by atoms with Crippen LogP contribution in [-0.2, 0) is 0 Å². The summed E-state index contributed by atoms with van der Waals surface area (Å²) >= 11 is 0. The van der Waals surface area contributed by atoms with E-state index in [9.17, 15) is 10.4 Å². The Kier molecular flexibility index (Phi) is 6.08. The Morgan fingerprint density at radius 1 is 1.50 bits per heavy atom. The molecule has 0 aliphatic rings. The Morgan fingerprint density at radius 2 is 2.17 bits per heavy atom. The molecule has 0 saturated heterocycles. The summed E-state index contributed by atoms with van der Waals surface area (Å²) in [5, 5.41) is 24.2. The van der Waals surface area contributed by atoms with E-state index in [0.717, 1.165) is 6.42 Å². The van der Waals surface area contributed by atoms with Crippen LogP contribution in [0.2, 0.25) is 0 Å². The van der Waals surface area contributed by atoms with Gasteiger partial charge in [-0.1, -0.05) is 6.92 Å². The summed E-state index contributed by atoms with van der Waals surface area (Å²) in [5.74, 6) is 0. The Hall–Kier alpha value is -1.04. The van der Waals surface area contributed by atoms with Crippen molar-refractivity contribution >= 4 is 0 Å². The number of nitrogens with two attached hydrogens (primary N) is 1. The molecule has 6 heteroatoms. The van der Waals surface area contributed by atoms with Crippen molar-refractivity contribution in [2.45, 2.75) is 19.8 Å². The van der Waals surface area contributed by atoms with E-state index in [-0.39, 0.29) is 4.97 Å². The van der Waals surface area contributed by atoms with Crippen molar-refractivity contribution < 1.29 is 4.97 Å². The summed E-state index contributed by atoms with van der Waals surface area (Å²) in [4.78, 5) is 0.0825. The second-order valence-corrected chi connectivity index (χ2v) is 2.43. The van der Waals surface area contributed by atoms with Gasteiger partial charge in [0.2, 0.25) is 0 Å². The van der Waals surface area contributed by atoms with Crippen LogP contribution in [-0.4, -0.2) is 29.6 Å². The molecule has 0 saturated carbocycles. The van der Waals surface area contributed by atoms with Gasteiger partial charge in [-0.25, -0.2) is 0 Å². The van der Waals surface area contributed by atoms with Gasteiger partial charge in [-0.3, -0.25) is 0 Å². The van der Waals surface area contributed by atoms with Gasteiger partial charge in [0.25, 0.3) is 0 Å². The number of rotatable bonds is 6. The lowest BCUT2D eigenvalue weighted by molar-refractivity contribution is -0.690. The Labute approximate surface area is 71.8 Å². The van der Waals surface area contributed by atoms with E-state index in [1.54, 1.807) is 0 Å². The van der Waals surface area contributed by atoms with Crippen molar-refractivity contribution in [3.63, 3.8) is 0 Å². The number of hydrogen-bond acceptors (Lipinski definition) is 4. The van der Waals surface area contributed by atoms with E-state index in [0.29, 0.717) is 26.1 Å². The molecular formula is C6H15N4O2-. The van der Waals surface area contributed by atoms with Gasteiger partial charge in [0.05, 0.1) is 13.1 Å². The number of nitrogens with zero attached hydrogens (tertiary/aromatic N) is 3. The third-order valence-corrected chi connectivity index (χ3v) is 1.41. The zero-order valence-electron chi connectivity index (χ0n) is 7.27. The topological polar surface area (TPSA) is 90.8 Å². The summed E-state index contributed by atoms with van der Waals surface area (Å²) in [7, 11) is 0. The molecule has 6 nitrogen and oxygen atoms in total. The normalized spacial score (nSPS) is 11.7. The minimum atomic E-state index is 0.0825. The summed E-state index contributed by atoms with van der Waals surface area (Å²) in [5.41, 5.74) is 5.26. The molecule has 0 fully saturated rings. The number of hydrogen-bond donors (Lipinski definition) is 1. The van der Waals surface area contributed by atoms with E-state index in [2.05, 4.69) is 5.28 Å². The summed E-state index contributed by atoms with van der Waals surface area (Å²) in [6.45, 7) is 3.45. The van der Waals surface area contributed by atoms with E-state index in [1.807, 2.05) is 6.92 Å². The first-order valence-electron chi connectivity index (χ1n) is 4.01. The molecule has 0 bridgehead atoms. The summed E-state index contributed by atoms with van der Waals surface area (Å²) < 4.78 is 0. The first-order valence-corrected chi connectivity index (χ1v) is 4.01. The van der Waals surface area contributed by atoms with Crippen LogP contribution in [0.3, 0.4) is 0 Å². The first-order chi connectivity index (χ1) is 5.76. The minimum absolute atomic E-state index is 0.0825. The molecule has 0 unspecified atom stereocenters. The predicted octanol–water partition coefficient (Wildman–Crippen LogP) is 0.423. The highest BCUT2D eigenvalue weighted by Gasteiger charge is 2.07. The second-order valence-electron chi connectivity index (χ2n) is 2.43. The molecule has 12 heavy (non-hydrogen) atoms. The first kappa shape index (κ1) is 11.0. The van der Waals surface area contributed by atoms with E-state index >= 15 is 0 Å². The van der Waals surface area contributed by atoms with Crippen LogP contribution in [0.25, 0.3) is 0 Å². The third-order valence-electron chi connectivity index (χ3n) is 1.41. The SMILES string of the molecule is CCCN(CCCN)/[N+]([O-])=N\[O-]. The average Bonchev–Trinajstić information content (AvgIpc) is 2.11. The van der Waals surface area contributed by atoms with E-state index in [1.165, 1.54) is 5.01 Å². The maximum absolute atomic E-state index is 10.7. The fourth-order valence-electron chi connectivity index (χ4n) is 0.866. The molecule has 72 valence electrons. The fourth-order valence-corrected chi connectivity index (χ4v) is 0.866. The number of hydrazine groups is 1. The highest BCUT2D eigenvalue weighted by molar-refractivity contribution is 4.45. The highest BCUT2D eigenvalue weighted by Crippen LogP contribution is 1.94. The molecular weight excluding hydrogens is 160 g/mol. The largest absolute Gasteiger partial charge is 0.737 e. The molecule has 0 aromatic heterocycles. The smallest absolute Gasteiger partial charge is 0.0779 e. The second kappa shape index (κ2) is 6.66. The van der Waals surface area contributed by atoms with Crippen LogP contribution >= 0.6 is 0 Å². The Morgan fingerprint density at radius 3 is 2.58 bits per heavy atom. The van der Waals surface area contributed by atoms with E-state index in [4.69, 9.17) is 5.73 Å². The van der Waals surface area contributed by atoms with Crippen molar-refractivity contribution in [1.29, 1.82) is 0 Å². The molecule has 2 N–H and O–H groups in total. The molecule has 0 aliphatic carbocycles. The van der Waals surface area contributed by atoms with Gasteiger partial charge in [-0.2, -0.15) is 0 Å². The van der Waals surface area contributed by atoms with Gasteiger partial charge >= 0.3 is 0 Å². The standard InChI is InChI=1S/C6H16N4O2/c1-2-5-9(6-3-4-7)10(12)8-11/h11H,2-7H2,1H3/p-1/b10-8+. The molecule has 0 aliphatic heterocycles. The van der Waals surface area contributed by atoms with Crippen molar-refractivity contribution in [2.75, 3.05) is 19.6 Å². The monoisotopic (exact) mass is 175 g/mol. The van der Waals surface area contributed by atoms with Crippen molar-refractivity contribution in [1.82, 2.24) is 5.01 Å². The summed E-state index contributed by atoms with van der Waals surface area (Å²) in [6.07, 6.45) is 1.49. The molecule has 0 heterocycles. The lowest BCUT2D eigenvalue weighted by Crippen LogP contribution is -2.33. The van der Waals surface area contributed by atoms with Crippen molar-refractivity contribution in [3.05, 3.63) is 10.4 Å². The van der Waals surface area contributed by atoms with Crippen molar-refractivity contribution in [3.8, 4) is 0 Å². The summed E-state index contributed by atoms with van der Waals surface area (Å²) in [6, 6.07) is 0. The molecule has 0 atom stereocenters. The van der Waals surface area contributed by atoms with Crippen LogP contribution in [0, 0.1) is 10.4 Å². The molecule has 0 spiro atoms. The van der Waals surface area contributed by atoms with Gasteiger partial charge in [0, 0.05) is 4.97 Å². The molecule has 0 aromatic rings. The Balaban J connectivity index is 3.85.